The number of aromatic nitrogens is 4. The molecule has 2 amide bonds. The summed E-state index contributed by atoms with van der Waals surface area (Å²) in [5, 5.41) is 9.87. The number of hydrogen-bond donors (Lipinski definition) is 2. The largest absolute Gasteiger partial charge is 0.445 e. The van der Waals surface area contributed by atoms with Crippen LogP contribution >= 0.6 is 0 Å². The highest BCUT2D eigenvalue weighted by Gasteiger charge is 2.14. The predicted octanol–water partition coefficient (Wildman–Crippen LogP) is 3.23. The summed E-state index contributed by atoms with van der Waals surface area (Å²) in [5.74, 6) is 0.719. The molecule has 1 aromatic carbocycles. The molecule has 0 fully saturated rings. The highest BCUT2D eigenvalue weighted by Crippen LogP contribution is 2.15. The van der Waals surface area contributed by atoms with Crippen LogP contribution in [0.25, 0.3) is 5.95 Å². The molecule has 2 aromatic heterocycles. The maximum absolute atomic E-state index is 12.4. The summed E-state index contributed by atoms with van der Waals surface area (Å²) in [6.45, 7) is 6.13. The lowest BCUT2D eigenvalue weighted by Crippen LogP contribution is -2.26. The topological polar surface area (TPSA) is 111 Å². The van der Waals surface area contributed by atoms with Crippen molar-refractivity contribution >= 4 is 17.8 Å². The van der Waals surface area contributed by atoms with Gasteiger partial charge in [0.15, 0.2) is 0 Å². The van der Waals surface area contributed by atoms with Crippen molar-refractivity contribution in [3.8, 4) is 5.95 Å². The molecule has 0 aliphatic heterocycles. The second-order valence-corrected chi connectivity index (χ2v) is 7.17. The van der Waals surface area contributed by atoms with Gasteiger partial charge in [-0.25, -0.2) is 14.8 Å². The van der Waals surface area contributed by atoms with Gasteiger partial charge in [0.1, 0.15) is 12.4 Å². The van der Waals surface area contributed by atoms with Crippen molar-refractivity contribution in [2.24, 2.45) is 0 Å². The van der Waals surface area contributed by atoms with E-state index in [0.717, 1.165) is 22.6 Å². The molecule has 0 aliphatic rings. The Kier molecular flexibility index (Phi) is 7.31. The normalized spacial score (nSPS) is 10.5. The van der Waals surface area contributed by atoms with Crippen LogP contribution in [0, 0.1) is 20.8 Å². The first-order valence-electron chi connectivity index (χ1n) is 10.0. The molecule has 0 aliphatic carbocycles. The number of rotatable bonds is 8. The van der Waals surface area contributed by atoms with Gasteiger partial charge < -0.3 is 15.4 Å². The Labute approximate surface area is 180 Å². The second kappa shape index (κ2) is 10.3. The van der Waals surface area contributed by atoms with Gasteiger partial charge in [0, 0.05) is 30.4 Å². The third-order valence-electron chi connectivity index (χ3n) is 4.32. The number of hydrogen-bond acceptors (Lipinski definition) is 6. The van der Waals surface area contributed by atoms with E-state index >= 15 is 0 Å². The number of nitrogens with one attached hydrogen (secondary N) is 2. The van der Waals surface area contributed by atoms with E-state index in [2.05, 4.69) is 25.7 Å². The van der Waals surface area contributed by atoms with E-state index < -0.39 is 6.09 Å². The van der Waals surface area contributed by atoms with E-state index in [1.165, 1.54) is 4.68 Å². The zero-order valence-corrected chi connectivity index (χ0v) is 17.9. The minimum Gasteiger partial charge on any atom is -0.445 e. The Hall–Kier alpha value is -3.75. The molecule has 162 valence electrons. The van der Waals surface area contributed by atoms with Crippen molar-refractivity contribution in [2.75, 3.05) is 11.9 Å². The molecule has 0 atom stereocenters. The van der Waals surface area contributed by atoms with Crippen molar-refractivity contribution in [3.63, 3.8) is 0 Å². The van der Waals surface area contributed by atoms with Crippen LogP contribution in [0.2, 0.25) is 0 Å². The number of aryl methyl sites for hydroxylation is 3. The smallest absolute Gasteiger partial charge is 0.407 e. The van der Waals surface area contributed by atoms with Crippen LogP contribution < -0.4 is 10.6 Å². The Balaban J connectivity index is 1.45. The first-order valence-corrected chi connectivity index (χ1v) is 10.0. The average molecular weight is 422 g/mol. The molecule has 3 aromatic rings. The van der Waals surface area contributed by atoms with Crippen molar-refractivity contribution in [1.29, 1.82) is 0 Å². The number of nitrogens with zero attached hydrogens (tertiary/aromatic N) is 4. The van der Waals surface area contributed by atoms with Gasteiger partial charge in [0.25, 0.3) is 5.95 Å². The third kappa shape index (κ3) is 6.63. The first kappa shape index (κ1) is 21.9. The van der Waals surface area contributed by atoms with Gasteiger partial charge >= 0.3 is 6.09 Å². The summed E-state index contributed by atoms with van der Waals surface area (Å²) in [6.07, 6.45) is 0.195. The van der Waals surface area contributed by atoms with Crippen molar-refractivity contribution < 1.29 is 14.3 Å². The maximum atomic E-state index is 12.4. The summed E-state index contributed by atoms with van der Waals surface area (Å²) >= 11 is 0. The summed E-state index contributed by atoms with van der Waals surface area (Å²) in [7, 11) is 0. The second-order valence-electron chi connectivity index (χ2n) is 7.17. The molecule has 9 heteroatoms. The van der Waals surface area contributed by atoms with Crippen molar-refractivity contribution in [2.45, 2.75) is 40.2 Å². The molecule has 2 heterocycles. The van der Waals surface area contributed by atoms with E-state index in [0.29, 0.717) is 24.7 Å². The van der Waals surface area contributed by atoms with Gasteiger partial charge in [-0.2, -0.15) is 9.78 Å². The summed E-state index contributed by atoms with van der Waals surface area (Å²) in [5.41, 5.74) is 3.29. The molecule has 3 rings (SSSR count). The van der Waals surface area contributed by atoms with E-state index in [9.17, 15) is 9.59 Å². The van der Waals surface area contributed by atoms with Crippen LogP contribution in [0.15, 0.2) is 42.5 Å². The Bertz CT molecular complexity index is 1030. The number of anilines is 1. The Morgan fingerprint density at radius 3 is 2.42 bits per heavy atom. The van der Waals surface area contributed by atoms with Crippen LogP contribution in [-0.2, 0) is 16.1 Å². The number of carbonyl (C=O) groups is 2. The third-order valence-corrected chi connectivity index (χ3v) is 4.32. The Morgan fingerprint density at radius 1 is 1.00 bits per heavy atom. The summed E-state index contributed by atoms with van der Waals surface area (Å²) in [6, 6.07) is 13.1. The highest BCUT2D eigenvalue weighted by atomic mass is 16.5. The minimum atomic E-state index is -0.509. The molecule has 31 heavy (non-hydrogen) atoms. The molecule has 0 bridgehead atoms. The standard InChI is InChI=1S/C22H26N6O3/c1-15-12-16(2)25-21(24-15)28-19(13-17(3)27-28)26-20(29)10-7-11-23-22(30)31-14-18-8-5-4-6-9-18/h4-6,8-9,12-13H,7,10-11,14H2,1-3H3,(H,23,30)(H,26,29). The predicted molar refractivity (Wildman–Crippen MR) is 116 cm³/mol. The van der Waals surface area contributed by atoms with Crippen molar-refractivity contribution in [3.05, 3.63) is 65.1 Å². The van der Waals surface area contributed by atoms with E-state index in [1.54, 1.807) is 6.07 Å². The monoisotopic (exact) mass is 422 g/mol. The number of amides is 2. The fourth-order valence-electron chi connectivity index (χ4n) is 2.96. The molecule has 9 nitrogen and oxygen atoms in total. The quantitative estimate of drug-likeness (QED) is 0.539. The maximum Gasteiger partial charge on any atom is 0.407 e. The Morgan fingerprint density at radius 2 is 1.71 bits per heavy atom. The number of carbonyl (C=O) groups excluding carboxylic acids is 2. The van der Waals surface area contributed by atoms with Gasteiger partial charge in [-0.05, 0) is 38.8 Å². The highest BCUT2D eigenvalue weighted by molar-refractivity contribution is 5.90. The summed E-state index contributed by atoms with van der Waals surface area (Å²) in [4.78, 5) is 32.9. The first-order chi connectivity index (χ1) is 14.9. The number of benzene rings is 1. The van der Waals surface area contributed by atoms with Crippen molar-refractivity contribution in [1.82, 2.24) is 25.1 Å². The number of ether oxygens (including phenoxy) is 1. The molecule has 2 N–H and O–H groups in total. The molecule has 0 spiro atoms. The fourth-order valence-corrected chi connectivity index (χ4v) is 2.96. The lowest BCUT2D eigenvalue weighted by Gasteiger charge is -2.09. The van der Waals surface area contributed by atoms with Gasteiger partial charge in [-0.15, -0.1) is 0 Å². The SMILES string of the molecule is Cc1cc(C)nc(-n2nc(C)cc2NC(=O)CCCNC(=O)OCc2ccccc2)n1. The van der Waals surface area contributed by atoms with Gasteiger partial charge in [-0.3, -0.25) is 4.79 Å². The van der Waals surface area contributed by atoms with E-state index in [-0.39, 0.29) is 18.9 Å². The van der Waals surface area contributed by atoms with Gasteiger partial charge in [0.2, 0.25) is 5.91 Å². The van der Waals surface area contributed by atoms with Crippen LogP contribution in [0.1, 0.15) is 35.5 Å². The van der Waals surface area contributed by atoms with Gasteiger partial charge in [-0.1, -0.05) is 30.3 Å². The lowest BCUT2D eigenvalue weighted by atomic mass is 10.2. The number of alkyl carbamates (subject to hydrolysis) is 1. The molecule has 0 unspecified atom stereocenters. The fraction of sp³-hybridized carbons (Fsp3) is 0.318. The zero-order chi connectivity index (χ0) is 22.2. The molecule has 0 saturated heterocycles. The zero-order valence-electron chi connectivity index (χ0n) is 17.9. The van der Waals surface area contributed by atoms with Crippen LogP contribution in [0.5, 0.6) is 0 Å². The van der Waals surface area contributed by atoms with Crippen LogP contribution in [0.3, 0.4) is 0 Å². The molecule has 0 saturated carbocycles. The molecular formula is C22H26N6O3. The van der Waals surface area contributed by atoms with E-state index in [4.69, 9.17) is 4.74 Å². The molecular weight excluding hydrogens is 396 g/mol. The minimum absolute atomic E-state index is 0.190. The van der Waals surface area contributed by atoms with Crippen LogP contribution in [-0.4, -0.2) is 38.3 Å². The average Bonchev–Trinajstić information content (AvgIpc) is 3.09. The van der Waals surface area contributed by atoms with Gasteiger partial charge in [0.05, 0.1) is 5.69 Å². The van der Waals surface area contributed by atoms with E-state index in [1.807, 2.05) is 57.2 Å². The molecule has 0 radical (unpaired) electrons. The summed E-state index contributed by atoms with van der Waals surface area (Å²) < 4.78 is 6.66. The van der Waals surface area contributed by atoms with Crippen LogP contribution in [0.4, 0.5) is 10.6 Å². The lowest BCUT2D eigenvalue weighted by molar-refractivity contribution is -0.116.